The van der Waals surface area contributed by atoms with E-state index in [1.807, 2.05) is 6.07 Å². The van der Waals surface area contributed by atoms with E-state index in [-0.39, 0.29) is 22.6 Å². The molecule has 1 heterocycles. The number of fused-ring (bicyclic) bond motifs is 1. The summed E-state index contributed by atoms with van der Waals surface area (Å²) < 4.78 is 28.7. The number of carbonyl (C=O) groups excluding carboxylic acids is 2. The maximum Gasteiger partial charge on any atom is 0.261 e. The molecule has 2 aliphatic rings. The van der Waals surface area contributed by atoms with E-state index in [0.717, 1.165) is 44.1 Å². The molecular formula is C27H35N3O4S. The Kier molecular flexibility index (Phi) is 8.11. The number of likely N-dealkylation sites (tertiary alicyclic amines) is 1. The number of nitrogens with one attached hydrogen (secondary N) is 2. The van der Waals surface area contributed by atoms with Crippen LogP contribution in [0.1, 0.15) is 66.9 Å². The molecule has 188 valence electrons. The minimum Gasteiger partial charge on any atom is -0.356 e. The number of aryl methyl sites for hydroxylation is 2. The van der Waals surface area contributed by atoms with Crippen molar-refractivity contribution in [1.82, 2.24) is 10.2 Å². The maximum absolute atomic E-state index is 13.1. The van der Waals surface area contributed by atoms with Crippen LogP contribution in [0.2, 0.25) is 0 Å². The molecule has 0 spiro atoms. The van der Waals surface area contributed by atoms with Gasteiger partial charge < -0.3 is 10.2 Å². The van der Waals surface area contributed by atoms with Gasteiger partial charge in [-0.1, -0.05) is 25.5 Å². The molecule has 8 heteroatoms. The number of rotatable bonds is 8. The summed E-state index contributed by atoms with van der Waals surface area (Å²) in [6, 6.07) is 12.0. The monoisotopic (exact) mass is 497 g/mol. The lowest BCUT2D eigenvalue weighted by atomic mass is 9.92. The average Bonchev–Trinajstić information content (AvgIpc) is 2.88. The van der Waals surface area contributed by atoms with Crippen LogP contribution in [0.4, 0.5) is 5.69 Å². The van der Waals surface area contributed by atoms with Gasteiger partial charge in [0, 0.05) is 36.8 Å². The second kappa shape index (κ2) is 11.2. The lowest BCUT2D eigenvalue weighted by Crippen LogP contribution is -2.43. The van der Waals surface area contributed by atoms with Crippen LogP contribution in [0.5, 0.6) is 0 Å². The Morgan fingerprint density at radius 2 is 1.74 bits per heavy atom. The molecule has 1 fully saturated rings. The number of nitrogens with zero attached hydrogens (tertiary/aromatic N) is 1. The van der Waals surface area contributed by atoms with E-state index in [4.69, 9.17) is 0 Å². The van der Waals surface area contributed by atoms with Gasteiger partial charge in [0.15, 0.2) is 0 Å². The zero-order valence-electron chi connectivity index (χ0n) is 20.4. The molecule has 0 bridgehead atoms. The van der Waals surface area contributed by atoms with E-state index in [9.17, 15) is 18.0 Å². The summed E-state index contributed by atoms with van der Waals surface area (Å²) in [7, 11) is -3.76. The summed E-state index contributed by atoms with van der Waals surface area (Å²) in [4.78, 5) is 27.4. The van der Waals surface area contributed by atoms with Crippen molar-refractivity contribution in [1.29, 1.82) is 0 Å². The average molecular weight is 498 g/mol. The number of amides is 2. The smallest absolute Gasteiger partial charge is 0.261 e. The number of anilines is 1. The van der Waals surface area contributed by atoms with Crippen LogP contribution < -0.4 is 10.0 Å². The molecule has 0 atom stereocenters. The van der Waals surface area contributed by atoms with Crippen molar-refractivity contribution in [2.24, 2.45) is 5.92 Å². The van der Waals surface area contributed by atoms with Crippen molar-refractivity contribution in [2.45, 2.75) is 63.2 Å². The highest BCUT2D eigenvalue weighted by atomic mass is 32.2. The van der Waals surface area contributed by atoms with E-state index < -0.39 is 10.0 Å². The summed E-state index contributed by atoms with van der Waals surface area (Å²) in [5.74, 6) is -0.139. The van der Waals surface area contributed by atoms with Crippen LogP contribution in [0.15, 0.2) is 47.4 Å². The van der Waals surface area contributed by atoms with E-state index in [0.29, 0.717) is 43.7 Å². The number of carbonyl (C=O) groups is 2. The predicted octanol–water partition coefficient (Wildman–Crippen LogP) is 4.13. The fourth-order valence-electron chi connectivity index (χ4n) is 4.87. The van der Waals surface area contributed by atoms with Gasteiger partial charge in [-0.2, -0.15) is 0 Å². The fourth-order valence-corrected chi connectivity index (χ4v) is 5.97. The maximum atomic E-state index is 13.1. The van der Waals surface area contributed by atoms with Crippen molar-refractivity contribution in [3.05, 3.63) is 59.2 Å². The normalized spacial score (nSPS) is 16.4. The van der Waals surface area contributed by atoms with Gasteiger partial charge in [-0.25, -0.2) is 8.42 Å². The van der Waals surface area contributed by atoms with Gasteiger partial charge in [0.2, 0.25) is 5.91 Å². The fraction of sp³-hybridized carbons (Fsp3) is 0.481. The quantitative estimate of drug-likeness (QED) is 0.536. The lowest BCUT2D eigenvalue weighted by molar-refractivity contribution is -0.126. The molecular weight excluding hydrogens is 462 g/mol. The lowest BCUT2D eigenvalue weighted by Gasteiger charge is -2.31. The molecule has 35 heavy (non-hydrogen) atoms. The summed E-state index contributed by atoms with van der Waals surface area (Å²) in [6.45, 7) is 3.80. The number of unbranched alkanes of at least 4 members (excludes halogenated alkanes) is 1. The molecule has 0 unspecified atom stereocenters. The molecule has 1 saturated heterocycles. The van der Waals surface area contributed by atoms with Gasteiger partial charge in [0.1, 0.15) is 0 Å². The minimum atomic E-state index is -3.76. The third-order valence-corrected chi connectivity index (χ3v) is 8.35. The summed E-state index contributed by atoms with van der Waals surface area (Å²) in [5, 5.41) is 2.98. The van der Waals surface area contributed by atoms with E-state index in [1.165, 1.54) is 5.56 Å². The van der Waals surface area contributed by atoms with Crippen molar-refractivity contribution in [3.8, 4) is 0 Å². The molecule has 2 aromatic rings. The Bertz CT molecular complexity index is 1170. The van der Waals surface area contributed by atoms with Crippen LogP contribution in [-0.2, 0) is 27.7 Å². The first kappa shape index (κ1) is 25.2. The van der Waals surface area contributed by atoms with Crippen molar-refractivity contribution in [3.63, 3.8) is 0 Å². The molecule has 1 aliphatic heterocycles. The first-order chi connectivity index (χ1) is 16.9. The number of benzene rings is 2. The molecule has 7 nitrogen and oxygen atoms in total. The molecule has 0 radical (unpaired) electrons. The van der Waals surface area contributed by atoms with Crippen LogP contribution >= 0.6 is 0 Å². The zero-order chi connectivity index (χ0) is 24.8. The van der Waals surface area contributed by atoms with Crippen molar-refractivity contribution >= 4 is 27.5 Å². The van der Waals surface area contributed by atoms with Crippen LogP contribution in [0.3, 0.4) is 0 Å². The van der Waals surface area contributed by atoms with Gasteiger partial charge in [0.25, 0.3) is 15.9 Å². The molecule has 2 aromatic carbocycles. The second-order valence-electron chi connectivity index (χ2n) is 9.53. The molecule has 4 rings (SSSR count). The highest BCUT2D eigenvalue weighted by molar-refractivity contribution is 7.92. The highest BCUT2D eigenvalue weighted by Crippen LogP contribution is 2.26. The molecule has 0 saturated carbocycles. The Morgan fingerprint density at radius 1 is 1.00 bits per heavy atom. The number of hydrogen-bond acceptors (Lipinski definition) is 4. The third kappa shape index (κ3) is 6.23. The largest absolute Gasteiger partial charge is 0.356 e. The van der Waals surface area contributed by atoms with E-state index >= 15 is 0 Å². The summed E-state index contributed by atoms with van der Waals surface area (Å²) in [6.07, 6.45) is 7.39. The highest BCUT2D eigenvalue weighted by Gasteiger charge is 2.28. The van der Waals surface area contributed by atoms with Crippen LogP contribution in [-0.4, -0.2) is 44.8 Å². The standard InChI is InChI=1S/C27H35N3O4S/c1-2-3-15-28-26(31)21-13-16-30(17-14-21)27(32)23-9-6-10-24(18-23)29-35(33,34)25-12-11-20-7-4-5-8-22(20)19-25/h6,9-12,18-19,21,29H,2-5,7-8,13-17H2,1H3,(H,28,31). The van der Waals surface area contributed by atoms with Crippen molar-refractivity contribution < 1.29 is 18.0 Å². The van der Waals surface area contributed by atoms with Gasteiger partial charge in [0.05, 0.1) is 4.90 Å². The SMILES string of the molecule is CCCCNC(=O)C1CCN(C(=O)c2cccc(NS(=O)(=O)c3ccc4c(c3)CCCC4)c2)CC1. The van der Waals surface area contributed by atoms with E-state index in [2.05, 4.69) is 17.0 Å². The van der Waals surface area contributed by atoms with Crippen molar-refractivity contribution in [2.75, 3.05) is 24.4 Å². The minimum absolute atomic E-state index is 0.0642. The Labute approximate surface area is 208 Å². The molecule has 0 aromatic heterocycles. The van der Waals surface area contributed by atoms with Gasteiger partial charge in [-0.3, -0.25) is 14.3 Å². The summed E-state index contributed by atoms with van der Waals surface area (Å²) >= 11 is 0. The first-order valence-electron chi connectivity index (χ1n) is 12.7. The number of piperidine rings is 1. The van der Waals surface area contributed by atoms with Crippen LogP contribution in [0.25, 0.3) is 0 Å². The zero-order valence-corrected chi connectivity index (χ0v) is 21.2. The topological polar surface area (TPSA) is 95.6 Å². The van der Waals surface area contributed by atoms with Gasteiger partial charge in [-0.15, -0.1) is 0 Å². The second-order valence-corrected chi connectivity index (χ2v) is 11.2. The Morgan fingerprint density at radius 3 is 2.49 bits per heavy atom. The molecule has 1 aliphatic carbocycles. The number of hydrogen-bond donors (Lipinski definition) is 2. The third-order valence-electron chi connectivity index (χ3n) is 6.97. The van der Waals surface area contributed by atoms with Gasteiger partial charge in [-0.05, 0) is 86.4 Å². The predicted molar refractivity (Wildman–Crippen MR) is 137 cm³/mol. The molecule has 2 amide bonds. The summed E-state index contributed by atoms with van der Waals surface area (Å²) in [5.41, 5.74) is 3.12. The number of sulfonamides is 1. The van der Waals surface area contributed by atoms with Crippen LogP contribution in [0, 0.1) is 5.92 Å². The van der Waals surface area contributed by atoms with E-state index in [1.54, 1.807) is 41.3 Å². The Hall–Kier alpha value is -2.87. The van der Waals surface area contributed by atoms with Gasteiger partial charge >= 0.3 is 0 Å². The molecule has 2 N–H and O–H groups in total. The first-order valence-corrected chi connectivity index (χ1v) is 14.2. The Balaban J connectivity index is 1.38.